The molecule has 2 heterocycles. The van der Waals surface area contributed by atoms with Gasteiger partial charge in [0.05, 0.1) is 6.10 Å². The zero-order valence-corrected chi connectivity index (χ0v) is 9.07. The highest BCUT2D eigenvalue weighted by molar-refractivity contribution is 5.05. The van der Waals surface area contributed by atoms with E-state index >= 15 is 0 Å². The van der Waals surface area contributed by atoms with E-state index in [1.807, 2.05) is 19.4 Å². The Bertz CT molecular complexity index is 293. The van der Waals surface area contributed by atoms with Gasteiger partial charge in [0.1, 0.15) is 5.82 Å². The Morgan fingerprint density at radius 2 is 2.27 bits per heavy atom. The molecule has 15 heavy (non-hydrogen) atoms. The standard InChI is InChI=1S/C11H17N3O/c1-12-6-9-7-13-11(14-8-9)5-10-3-2-4-15-10/h7-8,10,12H,2-6H2,1H3. The van der Waals surface area contributed by atoms with Crippen molar-refractivity contribution in [2.75, 3.05) is 13.7 Å². The number of ether oxygens (including phenoxy) is 1. The third kappa shape index (κ3) is 2.97. The van der Waals surface area contributed by atoms with Gasteiger partial charge in [0, 0.05) is 37.5 Å². The van der Waals surface area contributed by atoms with Gasteiger partial charge in [-0.3, -0.25) is 0 Å². The Labute approximate surface area is 90.1 Å². The molecule has 1 aliphatic rings. The summed E-state index contributed by atoms with van der Waals surface area (Å²) in [4.78, 5) is 8.66. The minimum absolute atomic E-state index is 0.333. The monoisotopic (exact) mass is 207 g/mol. The summed E-state index contributed by atoms with van der Waals surface area (Å²) < 4.78 is 5.54. The van der Waals surface area contributed by atoms with Gasteiger partial charge in [-0.25, -0.2) is 9.97 Å². The van der Waals surface area contributed by atoms with E-state index in [4.69, 9.17) is 4.74 Å². The third-order valence-corrected chi connectivity index (χ3v) is 2.57. The number of hydrogen-bond donors (Lipinski definition) is 1. The van der Waals surface area contributed by atoms with Crippen LogP contribution in [0.5, 0.6) is 0 Å². The molecule has 0 bridgehead atoms. The summed E-state index contributed by atoms with van der Waals surface area (Å²) in [6.07, 6.45) is 7.26. The molecule has 0 radical (unpaired) electrons. The maximum atomic E-state index is 5.54. The van der Waals surface area contributed by atoms with Crippen LogP contribution in [0.2, 0.25) is 0 Å². The fraction of sp³-hybridized carbons (Fsp3) is 0.636. The van der Waals surface area contributed by atoms with Gasteiger partial charge >= 0.3 is 0 Å². The van der Waals surface area contributed by atoms with Crippen molar-refractivity contribution >= 4 is 0 Å². The number of nitrogens with zero attached hydrogens (tertiary/aromatic N) is 2. The van der Waals surface area contributed by atoms with Crippen molar-refractivity contribution in [1.29, 1.82) is 0 Å². The molecule has 1 atom stereocenters. The molecule has 0 amide bonds. The van der Waals surface area contributed by atoms with E-state index in [0.29, 0.717) is 6.10 Å². The molecule has 1 N–H and O–H groups in total. The molecule has 82 valence electrons. The molecule has 1 aromatic heterocycles. The van der Waals surface area contributed by atoms with E-state index in [2.05, 4.69) is 15.3 Å². The Morgan fingerprint density at radius 3 is 2.87 bits per heavy atom. The molecule has 1 aromatic rings. The molecule has 1 fully saturated rings. The topological polar surface area (TPSA) is 47.0 Å². The van der Waals surface area contributed by atoms with Crippen molar-refractivity contribution in [3.63, 3.8) is 0 Å². The van der Waals surface area contributed by atoms with Crippen molar-refractivity contribution in [2.45, 2.75) is 31.9 Å². The van der Waals surface area contributed by atoms with E-state index < -0.39 is 0 Å². The summed E-state index contributed by atoms with van der Waals surface area (Å²) >= 11 is 0. The summed E-state index contributed by atoms with van der Waals surface area (Å²) in [5.41, 5.74) is 1.12. The Kier molecular flexibility index (Phi) is 3.64. The molecule has 0 spiro atoms. The Morgan fingerprint density at radius 1 is 1.47 bits per heavy atom. The minimum atomic E-state index is 0.333. The number of aromatic nitrogens is 2. The molecule has 2 rings (SSSR count). The summed E-state index contributed by atoms with van der Waals surface area (Å²) in [6.45, 7) is 1.71. The molecule has 4 nitrogen and oxygen atoms in total. The third-order valence-electron chi connectivity index (χ3n) is 2.57. The summed E-state index contributed by atoms with van der Waals surface area (Å²) in [5, 5.41) is 3.07. The number of rotatable bonds is 4. The van der Waals surface area contributed by atoms with Crippen molar-refractivity contribution in [3.8, 4) is 0 Å². The first-order valence-electron chi connectivity index (χ1n) is 5.44. The average Bonchev–Trinajstić information content (AvgIpc) is 2.74. The smallest absolute Gasteiger partial charge is 0.130 e. The van der Waals surface area contributed by atoms with E-state index in [0.717, 1.165) is 37.4 Å². The maximum absolute atomic E-state index is 5.54. The first kappa shape index (κ1) is 10.5. The SMILES string of the molecule is CNCc1cnc(CC2CCCO2)nc1. The van der Waals surface area contributed by atoms with E-state index in [-0.39, 0.29) is 0 Å². The number of hydrogen-bond acceptors (Lipinski definition) is 4. The molecular formula is C11H17N3O. The van der Waals surface area contributed by atoms with Crippen LogP contribution in [0.1, 0.15) is 24.2 Å². The summed E-state index contributed by atoms with van der Waals surface area (Å²) in [5.74, 6) is 0.891. The van der Waals surface area contributed by atoms with Crippen LogP contribution in [0.4, 0.5) is 0 Å². The lowest BCUT2D eigenvalue weighted by Gasteiger charge is -2.07. The predicted octanol–water partition coefficient (Wildman–Crippen LogP) is 0.917. The minimum Gasteiger partial charge on any atom is -0.378 e. The van der Waals surface area contributed by atoms with Crippen LogP contribution >= 0.6 is 0 Å². The highest BCUT2D eigenvalue weighted by atomic mass is 16.5. The fourth-order valence-electron chi connectivity index (χ4n) is 1.79. The molecule has 0 aliphatic carbocycles. The lowest BCUT2D eigenvalue weighted by molar-refractivity contribution is 0.110. The Hall–Kier alpha value is -1.00. The van der Waals surface area contributed by atoms with Crippen LogP contribution in [0.25, 0.3) is 0 Å². The van der Waals surface area contributed by atoms with Gasteiger partial charge in [0.25, 0.3) is 0 Å². The van der Waals surface area contributed by atoms with E-state index in [1.54, 1.807) is 0 Å². The van der Waals surface area contributed by atoms with Gasteiger partial charge in [-0.1, -0.05) is 0 Å². The van der Waals surface area contributed by atoms with Crippen molar-refractivity contribution in [3.05, 3.63) is 23.8 Å². The van der Waals surface area contributed by atoms with Crippen molar-refractivity contribution < 1.29 is 4.74 Å². The highest BCUT2D eigenvalue weighted by Gasteiger charge is 2.16. The van der Waals surface area contributed by atoms with Gasteiger partial charge in [0.15, 0.2) is 0 Å². The second-order valence-electron chi connectivity index (χ2n) is 3.88. The van der Waals surface area contributed by atoms with Gasteiger partial charge in [-0.05, 0) is 19.9 Å². The fourth-order valence-corrected chi connectivity index (χ4v) is 1.79. The molecule has 1 aliphatic heterocycles. The predicted molar refractivity (Wildman–Crippen MR) is 57.5 cm³/mol. The number of nitrogens with one attached hydrogen (secondary N) is 1. The van der Waals surface area contributed by atoms with Gasteiger partial charge < -0.3 is 10.1 Å². The second-order valence-corrected chi connectivity index (χ2v) is 3.88. The molecule has 0 saturated carbocycles. The zero-order chi connectivity index (χ0) is 10.5. The molecule has 1 saturated heterocycles. The van der Waals surface area contributed by atoms with Gasteiger partial charge in [-0.15, -0.1) is 0 Å². The molecular weight excluding hydrogens is 190 g/mol. The van der Waals surface area contributed by atoms with Crippen molar-refractivity contribution in [2.24, 2.45) is 0 Å². The highest BCUT2D eigenvalue weighted by Crippen LogP contribution is 2.15. The zero-order valence-electron chi connectivity index (χ0n) is 9.07. The van der Waals surface area contributed by atoms with E-state index in [1.165, 1.54) is 6.42 Å². The van der Waals surface area contributed by atoms with Crippen LogP contribution < -0.4 is 5.32 Å². The molecule has 1 unspecified atom stereocenters. The van der Waals surface area contributed by atoms with Crippen LogP contribution in [-0.2, 0) is 17.7 Å². The largest absolute Gasteiger partial charge is 0.378 e. The van der Waals surface area contributed by atoms with Gasteiger partial charge in [-0.2, -0.15) is 0 Å². The lowest BCUT2D eigenvalue weighted by atomic mass is 10.2. The van der Waals surface area contributed by atoms with Crippen LogP contribution in [0.3, 0.4) is 0 Å². The normalized spacial score (nSPS) is 20.7. The first-order chi connectivity index (χ1) is 7.38. The second kappa shape index (κ2) is 5.19. The maximum Gasteiger partial charge on any atom is 0.130 e. The summed E-state index contributed by atoms with van der Waals surface area (Å²) in [6, 6.07) is 0. The lowest BCUT2D eigenvalue weighted by Crippen LogP contribution is -2.12. The first-order valence-corrected chi connectivity index (χ1v) is 5.44. The average molecular weight is 207 g/mol. The van der Waals surface area contributed by atoms with Crippen LogP contribution in [0, 0.1) is 0 Å². The van der Waals surface area contributed by atoms with E-state index in [9.17, 15) is 0 Å². The molecule has 4 heteroatoms. The van der Waals surface area contributed by atoms with Crippen molar-refractivity contribution in [1.82, 2.24) is 15.3 Å². The van der Waals surface area contributed by atoms with Crippen LogP contribution in [-0.4, -0.2) is 29.7 Å². The molecule has 0 aromatic carbocycles. The quantitative estimate of drug-likeness (QED) is 0.797. The van der Waals surface area contributed by atoms with Crippen LogP contribution in [0.15, 0.2) is 12.4 Å². The van der Waals surface area contributed by atoms with Gasteiger partial charge in [0.2, 0.25) is 0 Å². The Balaban J connectivity index is 1.91. The summed E-state index contributed by atoms with van der Waals surface area (Å²) in [7, 11) is 1.92.